The van der Waals surface area contributed by atoms with Gasteiger partial charge in [-0.3, -0.25) is 4.79 Å². The van der Waals surface area contributed by atoms with Gasteiger partial charge in [-0.15, -0.1) is 12.4 Å². The Kier molecular flexibility index (Phi) is 4.90. The molecule has 0 aromatic heterocycles. The largest absolute Gasteiger partial charge is 0.381 e. The van der Waals surface area contributed by atoms with E-state index >= 15 is 0 Å². The Balaban J connectivity index is 0.00000112. The molecule has 1 N–H and O–H groups in total. The molecule has 3 nitrogen and oxygen atoms in total. The van der Waals surface area contributed by atoms with Crippen LogP contribution in [0.5, 0.6) is 0 Å². The van der Waals surface area contributed by atoms with E-state index in [9.17, 15) is 4.79 Å². The lowest BCUT2D eigenvalue weighted by atomic mass is 9.89. The molecule has 0 aromatic carbocycles. The van der Waals surface area contributed by atoms with Gasteiger partial charge < -0.3 is 10.1 Å². The summed E-state index contributed by atoms with van der Waals surface area (Å²) in [5.74, 6) is 0. The fourth-order valence-corrected chi connectivity index (χ4v) is 3.41. The van der Waals surface area contributed by atoms with E-state index in [4.69, 9.17) is 4.74 Å². The molecule has 0 aromatic rings. The molecule has 0 saturated carbocycles. The smallest absolute Gasteiger partial charge is 0.186 e. The number of hydrogen-bond donors (Lipinski definition) is 1. The number of nitrogens with one attached hydrogen (secondary N) is 1. The number of carbonyl (C=O) groups excluding carboxylic acids is 1. The second-order valence-corrected chi connectivity index (χ2v) is 5.69. The fraction of sp³-hybridized carbons (Fsp3) is 0.900. The summed E-state index contributed by atoms with van der Waals surface area (Å²) < 4.78 is 5.36. The van der Waals surface area contributed by atoms with Gasteiger partial charge in [-0.1, -0.05) is 11.8 Å². The fourth-order valence-electron chi connectivity index (χ4n) is 2.37. The molecule has 2 saturated heterocycles. The Bertz CT molecular complexity index is 231. The molecule has 5 heteroatoms. The average Bonchev–Trinajstić information content (AvgIpc) is 2.49. The molecular weight excluding hydrogens is 234 g/mol. The lowest BCUT2D eigenvalue weighted by molar-refractivity contribution is -0.109. The number of ether oxygens (including phenoxy) is 1. The van der Waals surface area contributed by atoms with Crippen LogP contribution in [0.3, 0.4) is 0 Å². The molecular formula is C10H18ClNO2S. The van der Waals surface area contributed by atoms with Crippen molar-refractivity contribution in [3.05, 3.63) is 0 Å². The minimum absolute atomic E-state index is 0. The summed E-state index contributed by atoms with van der Waals surface area (Å²) in [6.45, 7) is 4.36. The molecule has 15 heavy (non-hydrogen) atoms. The first-order valence-electron chi connectivity index (χ1n) is 5.20. The summed E-state index contributed by atoms with van der Waals surface area (Å²) in [6.07, 6.45) is 3.32. The molecule has 2 rings (SSSR count). The SMILES string of the molecule is CC(=O)SC1CNC2(CCOCC2)C1.Cl. The lowest BCUT2D eigenvalue weighted by Gasteiger charge is -2.33. The number of halogens is 1. The highest BCUT2D eigenvalue weighted by Gasteiger charge is 2.40. The molecule has 1 atom stereocenters. The summed E-state index contributed by atoms with van der Waals surface area (Å²) in [4.78, 5) is 11.0. The van der Waals surface area contributed by atoms with E-state index in [2.05, 4.69) is 5.32 Å². The predicted octanol–water partition coefficient (Wildman–Crippen LogP) is 1.60. The van der Waals surface area contributed by atoms with E-state index < -0.39 is 0 Å². The molecule has 1 unspecified atom stereocenters. The maximum atomic E-state index is 11.0. The van der Waals surface area contributed by atoms with Crippen LogP contribution >= 0.6 is 24.2 Å². The minimum atomic E-state index is 0. The Morgan fingerprint density at radius 1 is 1.47 bits per heavy atom. The second-order valence-electron chi connectivity index (χ2n) is 4.21. The Hall–Kier alpha value is 0.230. The van der Waals surface area contributed by atoms with Crippen molar-refractivity contribution in [1.82, 2.24) is 5.32 Å². The molecule has 0 amide bonds. The number of rotatable bonds is 1. The minimum Gasteiger partial charge on any atom is -0.381 e. The van der Waals surface area contributed by atoms with E-state index in [1.807, 2.05) is 0 Å². The van der Waals surface area contributed by atoms with Crippen LogP contribution in [-0.2, 0) is 9.53 Å². The topological polar surface area (TPSA) is 38.3 Å². The van der Waals surface area contributed by atoms with Gasteiger partial charge in [0.05, 0.1) is 0 Å². The Morgan fingerprint density at radius 2 is 2.13 bits per heavy atom. The highest BCUT2D eigenvalue weighted by atomic mass is 35.5. The van der Waals surface area contributed by atoms with E-state index in [1.165, 1.54) is 11.8 Å². The van der Waals surface area contributed by atoms with Crippen LogP contribution in [0.25, 0.3) is 0 Å². The van der Waals surface area contributed by atoms with Crippen LogP contribution in [0.2, 0.25) is 0 Å². The quantitative estimate of drug-likeness (QED) is 0.768. The summed E-state index contributed by atoms with van der Waals surface area (Å²) in [5.41, 5.74) is 0.283. The average molecular weight is 252 g/mol. The highest BCUT2D eigenvalue weighted by molar-refractivity contribution is 8.14. The van der Waals surface area contributed by atoms with Gasteiger partial charge in [0.2, 0.25) is 0 Å². The summed E-state index contributed by atoms with van der Waals surface area (Å²) in [7, 11) is 0. The van der Waals surface area contributed by atoms with Crippen LogP contribution < -0.4 is 5.32 Å². The molecule has 2 aliphatic rings. The molecule has 2 aliphatic heterocycles. The predicted molar refractivity (Wildman–Crippen MR) is 64.7 cm³/mol. The molecule has 1 spiro atoms. The van der Waals surface area contributed by atoms with Crippen molar-refractivity contribution in [2.45, 2.75) is 37.0 Å². The first-order chi connectivity index (χ1) is 6.70. The van der Waals surface area contributed by atoms with Crippen LogP contribution in [-0.4, -0.2) is 35.7 Å². The second kappa shape index (κ2) is 5.53. The number of thioether (sulfide) groups is 1. The monoisotopic (exact) mass is 251 g/mol. The maximum absolute atomic E-state index is 11.0. The van der Waals surface area contributed by atoms with Crippen molar-refractivity contribution < 1.29 is 9.53 Å². The highest BCUT2D eigenvalue weighted by Crippen LogP contribution is 2.34. The van der Waals surface area contributed by atoms with Crippen molar-refractivity contribution in [3.8, 4) is 0 Å². The Labute approximate surface area is 101 Å². The third-order valence-electron chi connectivity index (χ3n) is 3.11. The number of hydrogen-bond acceptors (Lipinski definition) is 4. The maximum Gasteiger partial charge on any atom is 0.186 e. The zero-order chi connectivity index (χ0) is 10.0. The normalized spacial score (nSPS) is 28.7. The van der Waals surface area contributed by atoms with Crippen LogP contribution in [0.1, 0.15) is 26.2 Å². The van der Waals surface area contributed by atoms with Crippen molar-refractivity contribution in [1.29, 1.82) is 0 Å². The van der Waals surface area contributed by atoms with Crippen LogP contribution in [0, 0.1) is 0 Å². The third kappa shape index (κ3) is 3.34. The van der Waals surface area contributed by atoms with Gasteiger partial charge in [0.25, 0.3) is 0 Å². The number of carbonyl (C=O) groups is 1. The van der Waals surface area contributed by atoms with Crippen molar-refractivity contribution in [2.24, 2.45) is 0 Å². The standard InChI is InChI=1S/C10H17NO2S.ClH/c1-8(12)14-9-6-10(11-7-9)2-4-13-5-3-10;/h9,11H,2-7H2,1H3;1H. The van der Waals surface area contributed by atoms with Crippen LogP contribution in [0.15, 0.2) is 0 Å². The lowest BCUT2D eigenvalue weighted by Crippen LogP contribution is -2.44. The van der Waals surface area contributed by atoms with Gasteiger partial charge in [-0.25, -0.2) is 0 Å². The van der Waals surface area contributed by atoms with E-state index in [0.29, 0.717) is 5.25 Å². The van der Waals surface area contributed by atoms with Crippen molar-refractivity contribution in [2.75, 3.05) is 19.8 Å². The van der Waals surface area contributed by atoms with Gasteiger partial charge in [-0.05, 0) is 19.3 Å². The molecule has 0 bridgehead atoms. The molecule has 0 radical (unpaired) electrons. The van der Waals surface area contributed by atoms with E-state index in [-0.39, 0.29) is 23.1 Å². The molecule has 88 valence electrons. The first kappa shape index (κ1) is 13.3. The van der Waals surface area contributed by atoms with Gasteiger partial charge in [0.15, 0.2) is 5.12 Å². The zero-order valence-electron chi connectivity index (χ0n) is 8.95. The third-order valence-corrected chi connectivity index (χ3v) is 4.10. The van der Waals surface area contributed by atoms with Gasteiger partial charge >= 0.3 is 0 Å². The van der Waals surface area contributed by atoms with E-state index in [1.54, 1.807) is 6.92 Å². The summed E-state index contributed by atoms with van der Waals surface area (Å²) in [5, 5.41) is 4.29. The van der Waals surface area contributed by atoms with Gasteiger partial charge in [-0.2, -0.15) is 0 Å². The van der Waals surface area contributed by atoms with Crippen molar-refractivity contribution >= 4 is 29.3 Å². The zero-order valence-corrected chi connectivity index (χ0v) is 10.6. The van der Waals surface area contributed by atoms with Gasteiger partial charge in [0.1, 0.15) is 0 Å². The van der Waals surface area contributed by atoms with Crippen molar-refractivity contribution in [3.63, 3.8) is 0 Å². The van der Waals surface area contributed by atoms with Gasteiger partial charge in [0, 0.05) is 37.5 Å². The summed E-state index contributed by atoms with van der Waals surface area (Å²) >= 11 is 1.49. The Morgan fingerprint density at radius 3 is 2.73 bits per heavy atom. The first-order valence-corrected chi connectivity index (χ1v) is 6.08. The van der Waals surface area contributed by atoms with Crippen LogP contribution in [0.4, 0.5) is 0 Å². The molecule has 2 fully saturated rings. The van der Waals surface area contributed by atoms with E-state index in [0.717, 1.165) is 39.0 Å². The molecule has 0 aliphatic carbocycles. The summed E-state index contributed by atoms with van der Waals surface area (Å²) in [6, 6.07) is 0. The molecule has 2 heterocycles.